The van der Waals surface area contributed by atoms with Gasteiger partial charge in [-0.3, -0.25) is 19.4 Å². The Morgan fingerprint density at radius 3 is 2.15 bits per heavy atom. The summed E-state index contributed by atoms with van der Waals surface area (Å²) < 4.78 is 9.51. The van der Waals surface area contributed by atoms with E-state index in [2.05, 4.69) is 44.1 Å². The maximum absolute atomic E-state index is 13.7. The van der Waals surface area contributed by atoms with E-state index in [9.17, 15) is 24.0 Å². The summed E-state index contributed by atoms with van der Waals surface area (Å²) in [5.41, 5.74) is 7.48. The number of aryl methyl sites for hydroxylation is 2. The molecule has 1 aliphatic carbocycles. The number of aromatic nitrogens is 3. The summed E-state index contributed by atoms with van der Waals surface area (Å²) in [6.07, 6.45) is 5.13. The van der Waals surface area contributed by atoms with Crippen LogP contribution < -0.4 is 16.0 Å². The van der Waals surface area contributed by atoms with Crippen LogP contribution in [0.3, 0.4) is 0 Å². The van der Waals surface area contributed by atoms with Crippen LogP contribution in [0.25, 0.3) is 33.3 Å². The van der Waals surface area contributed by atoms with Crippen LogP contribution >= 0.6 is 0 Å². The van der Waals surface area contributed by atoms with Gasteiger partial charge in [-0.05, 0) is 79.2 Å². The molecule has 2 aromatic carbocycles. The van der Waals surface area contributed by atoms with Gasteiger partial charge in [0.2, 0.25) is 11.8 Å². The van der Waals surface area contributed by atoms with Crippen molar-refractivity contribution in [3.8, 4) is 22.4 Å². The van der Waals surface area contributed by atoms with Crippen molar-refractivity contribution in [3.63, 3.8) is 0 Å². The van der Waals surface area contributed by atoms with Crippen molar-refractivity contribution in [1.29, 1.82) is 0 Å². The number of likely N-dealkylation sites (tertiary alicyclic amines) is 2. The SMILES string of the molecule is COC(=O)N[C@H](C(=O)N1CCC[C@H]1CNC(=O)c1cnc2cc(-c3ccc4c(c3)CCc3[nH]c([C@@H]5CCCN5C(=O)[C@@H](NC(=O)OC)C(C)C)nc3-4)ccc2c1)C(C)C. The molecule has 2 aliphatic heterocycles. The molecule has 2 fully saturated rings. The van der Waals surface area contributed by atoms with Gasteiger partial charge in [0, 0.05) is 48.5 Å². The maximum atomic E-state index is 13.7. The Kier molecular flexibility index (Phi) is 12.2. The third kappa shape index (κ3) is 8.60. The second-order valence-corrected chi connectivity index (χ2v) is 16.4. The fourth-order valence-electron chi connectivity index (χ4n) is 8.61. The van der Waals surface area contributed by atoms with Gasteiger partial charge in [-0.1, -0.05) is 58.0 Å². The van der Waals surface area contributed by atoms with Crippen LogP contribution in [0.4, 0.5) is 9.59 Å². The lowest BCUT2D eigenvalue weighted by Gasteiger charge is -2.30. The highest BCUT2D eigenvalue weighted by Crippen LogP contribution is 2.39. The molecule has 15 nitrogen and oxygen atoms in total. The molecule has 4 aromatic rings. The van der Waals surface area contributed by atoms with Gasteiger partial charge >= 0.3 is 12.2 Å². The number of aromatic amines is 1. The minimum atomic E-state index is -0.719. The predicted octanol–water partition coefficient (Wildman–Crippen LogP) is 5.54. The number of carbonyl (C=O) groups excluding carboxylic acids is 5. The Hall–Kier alpha value is -5.99. The standard InChI is InChI=1S/C44H54N8O7/c1-24(2)36(49-43(56)58-5)41(54)51-17-7-9-31(51)23-46-40(53)30-20-29-12-11-27(21-34(29)45-22-30)26-13-15-32-28(19-26)14-16-33-38(32)48-39(47-33)35-10-8-18-52(35)42(55)37(25(3)4)50-44(57)59-6/h11-13,15,19-22,24-25,31,35-37H,7-10,14,16-18,23H2,1-6H3,(H,46,53)(H,47,48)(H,49,56)(H,50,57)/t31-,35-,36-,37-/m0/s1. The first kappa shape index (κ1) is 41.2. The summed E-state index contributed by atoms with van der Waals surface area (Å²) in [5.74, 6) is -0.0595. The van der Waals surface area contributed by atoms with Gasteiger partial charge in [-0.15, -0.1) is 0 Å². The van der Waals surface area contributed by atoms with E-state index < -0.39 is 24.3 Å². The van der Waals surface area contributed by atoms with Crippen LogP contribution in [0.1, 0.15) is 86.9 Å². The monoisotopic (exact) mass is 806 g/mol. The Bertz CT molecular complexity index is 2250. The average molecular weight is 807 g/mol. The summed E-state index contributed by atoms with van der Waals surface area (Å²) in [6, 6.07) is 12.5. The first-order valence-corrected chi connectivity index (χ1v) is 20.6. The van der Waals surface area contributed by atoms with Crippen molar-refractivity contribution < 1.29 is 33.4 Å². The molecule has 4 atom stereocenters. The van der Waals surface area contributed by atoms with Crippen LogP contribution in [-0.2, 0) is 31.9 Å². The first-order valence-electron chi connectivity index (χ1n) is 20.6. The number of hydrogen-bond acceptors (Lipinski definition) is 9. The Labute approximate surface area is 344 Å². The number of pyridine rings is 1. The number of H-pyrrole nitrogens is 1. The third-order valence-corrected chi connectivity index (χ3v) is 11.9. The number of ether oxygens (including phenoxy) is 2. The normalized spacial score (nSPS) is 18.3. The number of nitrogens with zero attached hydrogens (tertiary/aromatic N) is 4. The molecular weight excluding hydrogens is 753 g/mol. The molecule has 312 valence electrons. The minimum absolute atomic E-state index is 0.111. The molecular formula is C44H54N8O7. The highest BCUT2D eigenvalue weighted by atomic mass is 16.5. The van der Waals surface area contributed by atoms with E-state index in [1.54, 1.807) is 11.1 Å². The second-order valence-electron chi connectivity index (χ2n) is 16.4. The van der Waals surface area contributed by atoms with Gasteiger partial charge in [-0.25, -0.2) is 14.6 Å². The zero-order chi connectivity index (χ0) is 42.0. The lowest BCUT2D eigenvalue weighted by molar-refractivity contribution is -0.136. The fraction of sp³-hybridized carbons (Fsp3) is 0.477. The van der Waals surface area contributed by atoms with E-state index in [-0.39, 0.29) is 48.2 Å². The zero-order valence-electron chi connectivity index (χ0n) is 34.6. The summed E-state index contributed by atoms with van der Waals surface area (Å²) in [5, 5.41) is 9.20. The molecule has 0 spiro atoms. The summed E-state index contributed by atoms with van der Waals surface area (Å²) in [6.45, 7) is 9.00. The van der Waals surface area contributed by atoms with Crippen LogP contribution in [0.5, 0.6) is 0 Å². The Morgan fingerprint density at radius 1 is 0.814 bits per heavy atom. The maximum Gasteiger partial charge on any atom is 0.407 e. The second kappa shape index (κ2) is 17.5. The summed E-state index contributed by atoms with van der Waals surface area (Å²) in [4.78, 5) is 81.2. The summed E-state index contributed by atoms with van der Waals surface area (Å²) >= 11 is 0. The molecule has 15 heteroatoms. The van der Waals surface area contributed by atoms with E-state index in [0.29, 0.717) is 18.7 Å². The number of amides is 5. The number of imidazole rings is 1. The highest BCUT2D eigenvalue weighted by Gasteiger charge is 2.39. The first-order chi connectivity index (χ1) is 28.4. The van der Waals surface area contributed by atoms with E-state index in [1.165, 1.54) is 19.8 Å². The minimum Gasteiger partial charge on any atom is -0.453 e. The molecule has 5 amide bonds. The van der Waals surface area contributed by atoms with E-state index >= 15 is 0 Å². The molecule has 7 rings (SSSR count). The van der Waals surface area contributed by atoms with Crippen molar-refractivity contribution >= 4 is 40.8 Å². The molecule has 2 saturated heterocycles. The number of rotatable bonds is 11. The Morgan fingerprint density at radius 2 is 1.46 bits per heavy atom. The zero-order valence-corrected chi connectivity index (χ0v) is 34.6. The molecule has 0 saturated carbocycles. The van der Waals surface area contributed by atoms with Crippen LogP contribution in [0.2, 0.25) is 0 Å². The number of carbonyl (C=O) groups is 5. The largest absolute Gasteiger partial charge is 0.453 e. The third-order valence-electron chi connectivity index (χ3n) is 11.9. The van der Waals surface area contributed by atoms with Gasteiger partial charge < -0.3 is 40.2 Å². The van der Waals surface area contributed by atoms with Gasteiger partial charge in [0.25, 0.3) is 5.91 Å². The molecule has 0 radical (unpaired) electrons. The smallest absolute Gasteiger partial charge is 0.407 e. The van der Waals surface area contributed by atoms with E-state index in [1.807, 2.05) is 56.9 Å². The van der Waals surface area contributed by atoms with Gasteiger partial charge in [-0.2, -0.15) is 0 Å². The quantitative estimate of drug-likeness (QED) is 0.151. The topological polar surface area (TPSA) is 188 Å². The Balaban J connectivity index is 1.02. The molecule has 0 unspecified atom stereocenters. The number of benzene rings is 2. The average Bonchev–Trinajstić information content (AvgIpc) is 4.02. The van der Waals surface area contributed by atoms with Crippen LogP contribution in [-0.4, -0.2) is 107 Å². The fourth-order valence-corrected chi connectivity index (χ4v) is 8.61. The molecule has 4 N–H and O–H groups in total. The molecule has 2 aromatic heterocycles. The molecule has 59 heavy (non-hydrogen) atoms. The number of nitrogens with one attached hydrogen (secondary N) is 4. The summed E-state index contributed by atoms with van der Waals surface area (Å²) in [7, 11) is 2.56. The predicted molar refractivity (Wildman–Crippen MR) is 221 cm³/mol. The van der Waals surface area contributed by atoms with E-state index in [0.717, 1.165) is 83.3 Å². The lowest BCUT2D eigenvalue weighted by atomic mass is 9.89. The van der Waals surface area contributed by atoms with Gasteiger partial charge in [0.05, 0.1) is 37.0 Å². The van der Waals surface area contributed by atoms with Crippen molar-refractivity contribution in [2.75, 3.05) is 33.9 Å². The van der Waals surface area contributed by atoms with Crippen molar-refractivity contribution in [1.82, 2.24) is 40.7 Å². The van der Waals surface area contributed by atoms with Gasteiger partial charge in [0.15, 0.2) is 0 Å². The van der Waals surface area contributed by atoms with Crippen molar-refractivity contribution in [2.24, 2.45) is 11.8 Å². The molecule has 0 bridgehead atoms. The van der Waals surface area contributed by atoms with E-state index in [4.69, 9.17) is 14.5 Å². The van der Waals surface area contributed by atoms with Crippen LogP contribution in [0.15, 0.2) is 48.7 Å². The van der Waals surface area contributed by atoms with Crippen LogP contribution in [0, 0.1) is 11.8 Å². The number of fused-ring (bicyclic) bond motifs is 4. The number of hydrogen-bond donors (Lipinski definition) is 4. The number of methoxy groups -OCH3 is 2. The lowest BCUT2D eigenvalue weighted by Crippen LogP contribution is -2.54. The van der Waals surface area contributed by atoms with Crippen molar-refractivity contribution in [3.05, 3.63) is 71.3 Å². The molecule has 3 aliphatic rings. The molecule has 4 heterocycles. The number of alkyl carbamates (subject to hydrolysis) is 2. The highest BCUT2D eigenvalue weighted by molar-refractivity contribution is 5.98. The van der Waals surface area contributed by atoms with Gasteiger partial charge in [0.1, 0.15) is 17.9 Å². The van der Waals surface area contributed by atoms with Crippen molar-refractivity contribution in [2.45, 2.75) is 90.4 Å².